The Kier molecular flexibility index (Phi) is 16.3. The Bertz CT molecular complexity index is 2400. The third-order valence-electron chi connectivity index (χ3n) is 11.2. The van der Waals surface area contributed by atoms with Crippen molar-refractivity contribution in [3.05, 3.63) is 149 Å². The molecule has 0 aliphatic carbocycles. The van der Waals surface area contributed by atoms with E-state index in [0.29, 0.717) is 70.2 Å². The highest BCUT2D eigenvalue weighted by atomic mass is 32.2. The molecule has 13 nitrogen and oxygen atoms in total. The lowest BCUT2D eigenvalue weighted by Gasteiger charge is -2.38. The number of fused-ring (bicyclic) bond motifs is 1. The molecule has 2 unspecified atom stereocenters. The van der Waals surface area contributed by atoms with Gasteiger partial charge in [0.1, 0.15) is 23.9 Å². The van der Waals surface area contributed by atoms with E-state index in [-0.39, 0.29) is 49.3 Å². The van der Waals surface area contributed by atoms with E-state index in [0.717, 1.165) is 45.7 Å². The molecule has 5 aromatic rings. The monoisotopic (exact) mass is 892 g/mol. The summed E-state index contributed by atoms with van der Waals surface area (Å²) in [5.74, 6) is 1.92. The molecule has 2 aliphatic heterocycles. The zero-order valence-electron chi connectivity index (χ0n) is 36.4. The molecular weight excluding hydrogens is 837 g/mol. The maximum Gasteiger partial charge on any atom is 0.410 e. The molecule has 2 amide bonds. The minimum Gasteiger partial charge on any atom is -0.496 e. The molecule has 14 heteroatoms. The molecule has 0 saturated carbocycles. The topological polar surface area (TPSA) is 139 Å². The molecule has 2 aliphatic rings. The number of ether oxygens (including phenoxy) is 6. The molecule has 5 aromatic carbocycles. The lowest BCUT2D eigenvalue weighted by atomic mass is 9.87. The number of para-hydroxylation sites is 1. The van der Waals surface area contributed by atoms with Crippen molar-refractivity contribution in [3.8, 4) is 17.2 Å². The highest BCUT2D eigenvalue weighted by Crippen LogP contribution is 2.36. The van der Waals surface area contributed by atoms with Gasteiger partial charge >= 0.3 is 6.09 Å². The maximum atomic E-state index is 13.4. The van der Waals surface area contributed by atoms with Gasteiger partial charge in [0, 0.05) is 31.0 Å². The summed E-state index contributed by atoms with van der Waals surface area (Å²) in [5, 5.41) is 0. The van der Waals surface area contributed by atoms with Crippen LogP contribution in [0.15, 0.2) is 126 Å². The number of piperidine rings is 1. The van der Waals surface area contributed by atoms with Crippen molar-refractivity contribution in [1.29, 1.82) is 0 Å². The van der Waals surface area contributed by atoms with Crippen LogP contribution in [0.25, 0.3) is 0 Å². The number of hydrogen-bond donors (Lipinski definition) is 0. The number of amides is 2. The molecule has 1 saturated heterocycles. The zero-order valence-corrected chi connectivity index (χ0v) is 37.2. The molecule has 0 aromatic heterocycles. The molecule has 7 rings (SSSR count). The molecule has 2 atom stereocenters. The molecular formula is C50H56N2O11S. The van der Waals surface area contributed by atoms with Crippen LogP contribution in [0.5, 0.6) is 17.2 Å². The molecule has 0 bridgehead atoms. The Hall–Kier alpha value is -5.93. The second kappa shape index (κ2) is 22.6. The van der Waals surface area contributed by atoms with Gasteiger partial charge in [0.15, 0.2) is 6.61 Å². The predicted octanol–water partition coefficient (Wildman–Crippen LogP) is 8.61. The number of rotatable bonds is 21. The lowest BCUT2D eigenvalue weighted by molar-refractivity contribution is -0.121. The third kappa shape index (κ3) is 12.6. The van der Waals surface area contributed by atoms with Crippen LogP contribution in [-0.2, 0) is 53.1 Å². The van der Waals surface area contributed by atoms with Gasteiger partial charge in [0.05, 0.1) is 63.4 Å². The van der Waals surface area contributed by atoms with Gasteiger partial charge in [-0.25, -0.2) is 4.79 Å². The summed E-state index contributed by atoms with van der Waals surface area (Å²) >= 11 is 0. The molecule has 2 heterocycles. The first-order valence-electron chi connectivity index (χ1n) is 21.7. The van der Waals surface area contributed by atoms with E-state index in [1.807, 2.05) is 91.9 Å². The average Bonchev–Trinajstić information content (AvgIpc) is 3.32. The predicted molar refractivity (Wildman–Crippen MR) is 241 cm³/mol. The number of benzene rings is 5. The fraction of sp³-hybridized carbons (Fsp3) is 0.360. The maximum absolute atomic E-state index is 13.4. The smallest absolute Gasteiger partial charge is 0.410 e. The van der Waals surface area contributed by atoms with Gasteiger partial charge in [-0.3, -0.25) is 8.98 Å². The Labute approximate surface area is 375 Å². The van der Waals surface area contributed by atoms with Crippen molar-refractivity contribution in [2.24, 2.45) is 0 Å². The quantitative estimate of drug-likeness (QED) is 0.0517. The Morgan fingerprint density at radius 2 is 1.58 bits per heavy atom. The number of aryl methyl sites for hydroxylation is 1. The summed E-state index contributed by atoms with van der Waals surface area (Å²) in [6.45, 7) is 4.87. The molecule has 0 spiro atoms. The van der Waals surface area contributed by atoms with Gasteiger partial charge in [-0.15, -0.1) is 0 Å². The second-order valence-corrected chi connectivity index (χ2v) is 17.4. The summed E-state index contributed by atoms with van der Waals surface area (Å²) in [4.78, 5) is 30.0. The number of methoxy groups -OCH3 is 1. The first-order chi connectivity index (χ1) is 31.2. The minimum absolute atomic E-state index is 0.00772. The number of anilines is 1. The highest BCUT2D eigenvalue weighted by molar-refractivity contribution is 7.86. The molecule has 1 fully saturated rings. The number of unbranched alkanes of at least 4 members (excludes halogenated alkanes) is 1. The van der Waals surface area contributed by atoms with Gasteiger partial charge < -0.3 is 38.2 Å². The van der Waals surface area contributed by atoms with Gasteiger partial charge in [-0.05, 0) is 85.3 Å². The number of hydrogen-bond acceptors (Lipinski definition) is 11. The molecule has 0 N–H and O–H groups in total. The SMILES string of the molecule is COc1ccccc1COCCCOc1ccc(C2CCN(C(=O)OCc3ccccc3)CC2OCc2ccc3c(c2)N(CCCCOS(=O)(=O)c2ccc(C)cc2)C(=O)CO3)cc1. The van der Waals surface area contributed by atoms with Crippen molar-refractivity contribution in [2.75, 3.05) is 58.1 Å². The molecule has 64 heavy (non-hydrogen) atoms. The van der Waals surface area contributed by atoms with Crippen LogP contribution in [0.4, 0.5) is 10.5 Å². The summed E-state index contributed by atoms with van der Waals surface area (Å²) < 4.78 is 66.0. The van der Waals surface area contributed by atoms with Crippen molar-refractivity contribution in [3.63, 3.8) is 0 Å². The van der Waals surface area contributed by atoms with E-state index >= 15 is 0 Å². The number of carbonyl (C=O) groups is 2. The van der Waals surface area contributed by atoms with E-state index < -0.39 is 16.2 Å². The van der Waals surface area contributed by atoms with Gasteiger partial charge in [0.25, 0.3) is 16.0 Å². The van der Waals surface area contributed by atoms with Crippen LogP contribution in [-0.4, -0.2) is 84.6 Å². The third-order valence-corrected chi connectivity index (χ3v) is 12.6. The Balaban J connectivity index is 0.955. The van der Waals surface area contributed by atoms with Crippen LogP contribution < -0.4 is 19.1 Å². The summed E-state index contributed by atoms with van der Waals surface area (Å²) in [6.07, 6.45) is 1.55. The first kappa shape index (κ1) is 46.1. The van der Waals surface area contributed by atoms with E-state index in [1.165, 1.54) is 12.1 Å². The highest BCUT2D eigenvalue weighted by Gasteiger charge is 2.34. The first-order valence-corrected chi connectivity index (χ1v) is 23.1. The summed E-state index contributed by atoms with van der Waals surface area (Å²) in [6, 6.07) is 37.6. The fourth-order valence-corrected chi connectivity index (χ4v) is 8.65. The van der Waals surface area contributed by atoms with Gasteiger partial charge in [-0.2, -0.15) is 8.42 Å². The van der Waals surface area contributed by atoms with E-state index in [9.17, 15) is 18.0 Å². The Morgan fingerprint density at radius 3 is 2.38 bits per heavy atom. The van der Waals surface area contributed by atoms with Crippen molar-refractivity contribution < 1.29 is 50.6 Å². The largest absolute Gasteiger partial charge is 0.496 e. The minimum atomic E-state index is -3.88. The normalized spacial score (nSPS) is 16.2. The van der Waals surface area contributed by atoms with Crippen molar-refractivity contribution in [1.82, 2.24) is 4.90 Å². The van der Waals surface area contributed by atoms with Crippen LogP contribution in [0.2, 0.25) is 0 Å². The van der Waals surface area contributed by atoms with Crippen LogP contribution in [0, 0.1) is 6.92 Å². The van der Waals surface area contributed by atoms with Crippen LogP contribution in [0.1, 0.15) is 59.4 Å². The van der Waals surface area contributed by atoms with E-state index in [2.05, 4.69) is 12.1 Å². The summed E-state index contributed by atoms with van der Waals surface area (Å²) in [7, 11) is -2.23. The molecule has 0 radical (unpaired) electrons. The standard InChI is InChI=1S/C50H56N2O11S/c1-37-15-22-43(23-16-37)64(55,56)63-30-9-8-26-52-45-31-39(17-24-47(45)61-36-49(52)53)34-60-48-32-51(50(54)62-33-38-11-4-3-5-12-38)27-25-44(48)40-18-20-42(21-19-40)59-29-10-28-58-35-41-13-6-7-14-46(41)57-2/h3-7,11-24,31,44,48H,8-10,25-30,32-36H2,1-2H3. The van der Waals surface area contributed by atoms with Gasteiger partial charge in [0.2, 0.25) is 0 Å². The van der Waals surface area contributed by atoms with Crippen LogP contribution >= 0.6 is 0 Å². The average molecular weight is 893 g/mol. The molecule has 338 valence electrons. The van der Waals surface area contributed by atoms with E-state index in [1.54, 1.807) is 29.0 Å². The Morgan fingerprint density at radius 1 is 0.797 bits per heavy atom. The second-order valence-electron chi connectivity index (χ2n) is 15.8. The van der Waals surface area contributed by atoms with Gasteiger partial charge in [-0.1, -0.05) is 84.4 Å². The zero-order chi connectivity index (χ0) is 44.7. The van der Waals surface area contributed by atoms with Crippen molar-refractivity contribution in [2.45, 2.75) is 69.3 Å². The summed E-state index contributed by atoms with van der Waals surface area (Å²) in [5.41, 5.74) is 5.38. The fourth-order valence-electron chi connectivity index (χ4n) is 7.71. The van der Waals surface area contributed by atoms with Crippen LogP contribution in [0.3, 0.4) is 0 Å². The van der Waals surface area contributed by atoms with E-state index in [4.69, 9.17) is 32.6 Å². The number of nitrogens with zero attached hydrogens (tertiary/aromatic N) is 2. The lowest BCUT2D eigenvalue weighted by Crippen LogP contribution is -2.47. The van der Waals surface area contributed by atoms with Crippen molar-refractivity contribution >= 4 is 27.8 Å². The number of likely N-dealkylation sites (tertiary alicyclic amines) is 1. The number of carbonyl (C=O) groups excluding carboxylic acids is 2.